The van der Waals surface area contributed by atoms with Crippen LogP contribution in [0.4, 0.5) is 5.69 Å². The number of hydrogen-bond acceptors (Lipinski definition) is 5. The first-order chi connectivity index (χ1) is 13.9. The van der Waals surface area contributed by atoms with Crippen LogP contribution in [-0.4, -0.2) is 28.0 Å². The lowest BCUT2D eigenvalue weighted by Gasteiger charge is -2.11. The Morgan fingerprint density at radius 3 is 2.48 bits per heavy atom. The van der Waals surface area contributed by atoms with Gasteiger partial charge < -0.3 is 14.6 Å². The molecule has 1 N–H and O–H groups in total. The molecule has 1 amide bonds. The molecule has 0 saturated heterocycles. The van der Waals surface area contributed by atoms with Gasteiger partial charge >= 0.3 is 5.97 Å². The van der Waals surface area contributed by atoms with E-state index in [1.807, 2.05) is 32.9 Å². The lowest BCUT2D eigenvalue weighted by atomic mass is 10.1. The minimum atomic E-state index is -0.837. The Morgan fingerprint density at radius 1 is 1.10 bits per heavy atom. The number of anilines is 1. The number of carbonyl (C=O) groups is 2. The number of fused-ring (bicyclic) bond motifs is 1. The molecule has 0 aliphatic carbocycles. The molecule has 7 nitrogen and oxygen atoms in total. The van der Waals surface area contributed by atoms with E-state index in [9.17, 15) is 14.4 Å². The molecule has 1 aromatic carbocycles. The highest BCUT2D eigenvalue weighted by Gasteiger charge is 2.18. The van der Waals surface area contributed by atoms with E-state index in [-0.39, 0.29) is 5.56 Å². The third-order valence-electron chi connectivity index (χ3n) is 4.60. The largest absolute Gasteiger partial charge is 0.452 e. The van der Waals surface area contributed by atoms with Crippen molar-refractivity contribution >= 4 is 28.6 Å². The molecule has 0 saturated carbocycles. The number of aromatic nitrogens is 2. The highest BCUT2D eigenvalue weighted by molar-refractivity contribution is 5.96. The minimum Gasteiger partial charge on any atom is -0.452 e. The van der Waals surface area contributed by atoms with E-state index in [2.05, 4.69) is 10.3 Å². The van der Waals surface area contributed by atoms with E-state index in [4.69, 9.17) is 4.74 Å². The molecule has 7 heteroatoms. The standard InChI is InChI=1S/C22H23N3O4/c1-4-15-7-9-16(10-8-15)24-19(26)13-29-22(28)18-12-25(5-2)21-17(20(18)27)11-6-14(3)23-21/h6-12H,4-5,13H2,1-3H3,(H,24,26). The number of carbonyl (C=O) groups excluding carboxylic acids is 2. The minimum absolute atomic E-state index is 0.120. The van der Waals surface area contributed by atoms with Gasteiger partial charge in [-0.25, -0.2) is 9.78 Å². The molecule has 2 heterocycles. The van der Waals surface area contributed by atoms with Crippen molar-refractivity contribution < 1.29 is 14.3 Å². The second kappa shape index (κ2) is 8.68. The number of amides is 1. The van der Waals surface area contributed by atoms with Crippen LogP contribution in [-0.2, 0) is 22.5 Å². The van der Waals surface area contributed by atoms with Gasteiger partial charge in [-0.3, -0.25) is 9.59 Å². The van der Waals surface area contributed by atoms with Gasteiger partial charge in [0.05, 0.1) is 5.39 Å². The molecular weight excluding hydrogens is 370 g/mol. The van der Waals surface area contributed by atoms with Crippen LogP contribution in [0.25, 0.3) is 11.0 Å². The molecule has 0 aliphatic rings. The van der Waals surface area contributed by atoms with E-state index in [0.29, 0.717) is 23.3 Å². The van der Waals surface area contributed by atoms with Crippen LogP contribution in [0, 0.1) is 6.92 Å². The summed E-state index contributed by atoms with van der Waals surface area (Å²) < 4.78 is 6.79. The van der Waals surface area contributed by atoms with Crippen LogP contribution in [0.15, 0.2) is 47.4 Å². The van der Waals surface area contributed by atoms with Gasteiger partial charge in [0.15, 0.2) is 6.61 Å². The van der Waals surface area contributed by atoms with Crippen LogP contribution >= 0.6 is 0 Å². The first-order valence-corrected chi connectivity index (χ1v) is 9.49. The maximum Gasteiger partial charge on any atom is 0.344 e. The summed E-state index contributed by atoms with van der Waals surface area (Å²) in [7, 11) is 0. The van der Waals surface area contributed by atoms with Gasteiger partial charge in [0, 0.05) is 24.1 Å². The maximum atomic E-state index is 12.7. The molecule has 29 heavy (non-hydrogen) atoms. The number of nitrogens with one attached hydrogen (secondary N) is 1. The van der Waals surface area contributed by atoms with Crippen molar-refractivity contribution in [1.82, 2.24) is 9.55 Å². The molecule has 0 bridgehead atoms. The monoisotopic (exact) mass is 393 g/mol. The topological polar surface area (TPSA) is 90.3 Å². The first-order valence-electron chi connectivity index (χ1n) is 9.49. The second-order valence-electron chi connectivity index (χ2n) is 6.66. The smallest absolute Gasteiger partial charge is 0.344 e. The normalized spacial score (nSPS) is 10.7. The van der Waals surface area contributed by atoms with Crippen LogP contribution in [0.1, 0.15) is 35.5 Å². The van der Waals surface area contributed by atoms with Gasteiger partial charge in [-0.2, -0.15) is 0 Å². The highest BCUT2D eigenvalue weighted by Crippen LogP contribution is 2.12. The molecule has 0 unspecified atom stereocenters. The van der Waals surface area contributed by atoms with E-state index < -0.39 is 23.9 Å². The Hall–Kier alpha value is -3.48. The molecule has 0 radical (unpaired) electrons. The second-order valence-corrected chi connectivity index (χ2v) is 6.66. The number of benzene rings is 1. The van der Waals surface area contributed by atoms with Crippen LogP contribution < -0.4 is 10.7 Å². The van der Waals surface area contributed by atoms with Gasteiger partial charge in [-0.15, -0.1) is 0 Å². The van der Waals surface area contributed by atoms with E-state index in [1.54, 1.807) is 28.8 Å². The Morgan fingerprint density at radius 2 is 1.83 bits per heavy atom. The molecule has 2 aromatic heterocycles. The van der Waals surface area contributed by atoms with Crippen molar-refractivity contribution in [2.45, 2.75) is 33.7 Å². The van der Waals surface area contributed by atoms with E-state index in [1.165, 1.54) is 6.20 Å². The quantitative estimate of drug-likeness (QED) is 0.650. The fraction of sp³-hybridized carbons (Fsp3) is 0.273. The number of rotatable bonds is 6. The predicted octanol–water partition coefficient (Wildman–Crippen LogP) is 3.08. The number of hydrogen-bond donors (Lipinski definition) is 1. The van der Waals surface area contributed by atoms with Crippen molar-refractivity contribution in [3.8, 4) is 0 Å². The van der Waals surface area contributed by atoms with Crippen LogP contribution in [0.2, 0.25) is 0 Å². The van der Waals surface area contributed by atoms with Crippen LogP contribution in [0.5, 0.6) is 0 Å². The van der Waals surface area contributed by atoms with Gasteiger partial charge in [-0.05, 0) is 50.1 Å². The molecular formula is C22H23N3O4. The average molecular weight is 393 g/mol. The summed E-state index contributed by atoms with van der Waals surface area (Å²) in [6, 6.07) is 10.8. The number of aryl methyl sites for hydroxylation is 3. The molecule has 0 atom stereocenters. The maximum absolute atomic E-state index is 12.7. The summed E-state index contributed by atoms with van der Waals surface area (Å²) in [4.78, 5) is 41.6. The van der Waals surface area contributed by atoms with Gasteiger partial charge in [0.25, 0.3) is 5.91 Å². The van der Waals surface area contributed by atoms with Gasteiger partial charge in [-0.1, -0.05) is 19.1 Å². The fourth-order valence-electron chi connectivity index (χ4n) is 2.98. The summed E-state index contributed by atoms with van der Waals surface area (Å²) >= 11 is 0. The molecule has 0 aliphatic heterocycles. The first kappa shape index (κ1) is 20.3. The van der Waals surface area contributed by atoms with Gasteiger partial charge in [0.1, 0.15) is 11.2 Å². The molecule has 150 valence electrons. The van der Waals surface area contributed by atoms with Crippen molar-refractivity contribution in [1.29, 1.82) is 0 Å². The van der Waals surface area contributed by atoms with E-state index in [0.717, 1.165) is 17.7 Å². The summed E-state index contributed by atoms with van der Waals surface area (Å²) in [6.07, 6.45) is 2.34. The molecule has 3 aromatic rings. The third kappa shape index (κ3) is 4.51. The van der Waals surface area contributed by atoms with Crippen molar-refractivity contribution in [3.05, 3.63) is 69.6 Å². The lowest BCUT2D eigenvalue weighted by molar-refractivity contribution is -0.119. The summed E-state index contributed by atoms with van der Waals surface area (Å²) in [6.45, 7) is 5.82. The van der Waals surface area contributed by atoms with Crippen molar-refractivity contribution in [3.63, 3.8) is 0 Å². The number of nitrogens with zero attached hydrogens (tertiary/aromatic N) is 2. The summed E-state index contributed by atoms with van der Waals surface area (Å²) in [5.41, 5.74) is 2.48. The Balaban J connectivity index is 1.74. The number of esters is 1. The predicted molar refractivity (Wildman–Crippen MR) is 111 cm³/mol. The number of ether oxygens (including phenoxy) is 1. The lowest BCUT2D eigenvalue weighted by Crippen LogP contribution is -2.25. The summed E-state index contributed by atoms with van der Waals surface area (Å²) in [5.74, 6) is -1.31. The van der Waals surface area contributed by atoms with Gasteiger partial charge in [0.2, 0.25) is 5.43 Å². The molecule has 0 spiro atoms. The highest BCUT2D eigenvalue weighted by atomic mass is 16.5. The Labute approximate surface area is 168 Å². The third-order valence-corrected chi connectivity index (χ3v) is 4.60. The SMILES string of the molecule is CCc1ccc(NC(=O)COC(=O)c2cn(CC)c3nc(C)ccc3c2=O)cc1. The summed E-state index contributed by atoms with van der Waals surface area (Å²) in [5, 5.41) is 3.00. The van der Waals surface area contributed by atoms with E-state index >= 15 is 0 Å². The zero-order chi connectivity index (χ0) is 21.0. The number of pyridine rings is 2. The van der Waals surface area contributed by atoms with Crippen molar-refractivity contribution in [2.24, 2.45) is 0 Å². The zero-order valence-electron chi connectivity index (χ0n) is 16.7. The Bertz CT molecular complexity index is 1120. The average Bonchev–Trinajstić information content (AvgIpc) is 2.73. The van der Waals surface area contributed by atoms with Crippen LogP contribution in [0.3, 0.4) is 0 Å². The van der Waals surface area contributed by atoms with Crippen molar-refractivity contribution in [2.75, 3.05) is 11.9 Å². The zero-order valence-corrected chi connectivity index (χ0v) is 16.7. The fourth-order valence-corrected chi connectivity index (χ4v) is 2.98. The molecule has 0 fully saturated rings. The Kier molecular flexibility index (Phi) is 6.07. The molecule has 3 rings (SSSR count).